The molecule has 0 aliphatic heterocycles. The van der Waals surface area contributed by atoms with Crippen LogP contribution in [0.3, 0.4) is 0 Å². The number of hydrogen-bond donors (Lipinski definition) is 2. The molecule has 0 bridgehead atoms. The van der Waals surface area contributed by atoms with Crippen LogP contribution in [0.5, 0.6) is 17.2 Å². The van der Waals surface area contributed by atoms with Gasteiger partial charge in [-0.15, -0.1) is 0 Å². The number of aromatic hydroxyl groups is 2. The van der Waals surface area contributed by atoms with Crippen molar-refractivity contribution in [2.45, 2.75) is 47.5 Å². The summed E-state index contributed by atoms with van der Waals surface area (Å²) in [6, 6.07) is 12.5. The highest BCUT2D eigenvalue weighted by Crippen LogP contribution is 2.42. The molecule has 2 N–H and O–H groups in total. The molecule has 33 heavy (non-hydrogen) atoms. The standard InChI is InChI=1S/C29H37NO3/c1-17-14-25(19(3)21(5)28(17)31)27(26-15-18(2)29(32)22(6)20(26)4)23-10-9-11-24(16-23)33-13-12-30(7)8/h9-11,14-16,27,31-32H,12-13H2,1-8H3. The topological polar surface area (TPSA) is 52.9 Å². The molecular formula is C29H37NO3. The summed E-state index contributed by atoms with van der Waals surface area (Å²) in [7, 11) is 4.07. The molecule has 3 rings (SSSR count). The summed E-state index contributed by atoms with van der Waals surface area (Å²) in [5.74, 6) is 1.49. The second kappa shape index (κ2) is 9.88. The second-order valence-electron chi connectivity index (χ2n) is 9.42. The Morgan fingerprint density at radius 3 is 1.76 bits per heavy atom. The molecule has 0 amide bonds. The molecule has 4 nitrogen and oxygen atoms in total. The van der Waals surface area contributed by atoms with Crippen LogP contribution in [0.1, 0.15) is 56.0 Å². The van der Waals surface area contributed by atoms with Crippen LogP contribution in [-0.4, -0.2) is 42.4 Å². The van der Waals surface area contributed by atoms with Gasteiger partial charge in [0.15, 0.2) is 0 Å². The minimum Gasteiger partial charge on any atom is -0.507 e. The lowest BCUT2D eigenvalue weighted by Crippen LogP contribution is -2.19. The van der Waals surface area contributed by atoms with Crippen LogP contribution in [0.2, 0.25) is 0 Å². The van der Waals surface area contributed by atoms with E-state index in [0.717, 1.165) is 62.4 Å². The predicted octanol–water partition coefficient (Wildman–Crippen LogP) is 6.07. The fraction of sp³-hybridized carbons (Fsp3) is 0.379. The molecule has 0 aromatic heterocycles. The van der Waals surface area contributed by atoms with Crippen molar-refractivity contribution in [3.05, 3.63) is 86.5 Å². The lowest BCUT2D eigenvalue weighted by Gasteiger charge is -2.26. The third kappa shape index (κ3) is 5.01. The van der Waals surface area contributed by atoms with Gasteiger partial charge < -0.3 is 19.8 Å². The van der Waals surface area contributed by atoms with E-state index in [0.29, 0.717) is 18.1 Å². The van der Waals surface area contributed by atoms with Gasteiger partial charge in [-0.2, -0.15) is 0 Å². The van der Waals surface area contributed by atoms with E-state index in [-0.39, 0.29) is 5.92 Å². The maximum Gasteiger partial charge on any atom is 0.121 e. The van der Waals surface area contributed by atoms with Crippen LogP contribution in [0.25, 0.3) is 0 Å². The highest BCUT2D eigenvalue weighted by molar-refractivity contribution is 5.59. The Kier molecular flexibility index (Phi) is 7.38. The number of phenolic OH excluding ortho intramolecular Hbond substituents is 2. The molecule has 0 unspecified atom stereocenters. The first kappa shape index (κ1) is 24.7. The Morgan fingerprint density at radius 1 is 0.758 bits per heavy atom. The van der Waals surface area contributed by atoms with Crippen LogP contribution in [-0.2, 0) is 0 Å². The van der Waals surface area contributed by atoms with E-state index in [1.54, 1.807) is 0 Å². The molecule has 0 spiro atoms. The zero-order valence-electron chi connectivity index (χ0n) is 21.2. The normalized spacial score (nSPS) is 11.5. The predicted molar refractivity (Wildman–Crippen MR) is 136 cm³/mol. The summed E-state index contributed by atoms with van der Waals surface area (Å²) >= 11 is 0. The van der Waals surface area contributed by atoms with Gasteiger partial charge in [0.2, 0.25) is 0 Å². The highest BCUT2D eigenvalue weighted by atomic mass is 16.5. The molecular weight excluding hydrogens is 410 g/mol. The number of nitrogens with zero attached hydrogens (tertiary/aromatic N) is 1. The Balaban J connectivity index is 2.23. The minimum absolute atomic E-state index is 0.0570. The third-order valence-corrected chi connectivity index (χ3v) is 6.81. The summed E-state index contributed by atoms with van der Waals surface area (Å²) in [5.41, 5.74) is 9.10. The van der Waals surface area contributed by atoms with E-state index in [9.17, 15) is 10.2 Å². The number of benzene rings is 3. The molecule has 0 saturated heterocycles. The van der Waals surface area contributed by atoms with E-state index < -0.39 is 0 Å². The lowest BCUT2D eigenvalue weighted by atomic mass is 9.78. The van der Waals surface area contributed by atoms with Gasteiger partial charge in [-0.3, -0.25) is 0 Å². The van der Waals surface area contributed by atoms with Crippen molar-refractivity contribution in [1.29, 1.82) is 0 Å². The van der Waals surface area contributed by atoms with E-state index >= 15 is 0 Å². The number of rotatable bonds is 7. The molecule has 0 heterocycles. The molecule has 0 aliphatic rings. The lowest BCUT2D eigenvalue weighted by molar-refractivity contribution is 0.261. The smallest absolute Gasteiger partial charge is 0.121 e. The van der Waals surface area contributed by atoms with Crippen LogP contribution in [0.15, 0.2) is 36.4 Å². The Labute approximate surface area is 198 Å². The molecule has 0 aliphatic carbocycles. The Morgan fingerprint density at radius 2 is 1.27 bits per heavy atom. The SMILES string of the molecule is Cc1cc(C(c2cccc(OCCN(C)C)c2)c2cc(C)c(O)c(C)c2C)c(C)c(C)c1O. The number of aryl methyl sites for hydroxylation is 2. The van der Waals surface area contributed by atoms with Gasteiger partial charge in [-0.05, 0) is 118 Å². The van der Waals surface area contributed by atoms with Gasteiger partial charge in [-0.1, -0.05) is 24.3 Å². The minimum atomic E-state index is -0.0570. The monoisotopic (exact) mass is 447 g/mol. The van der Waals surface area contributed by atoms with Crippen molar-refractivity contribution in [2.24, 2.45) is 0 Å². The maximum atomic E-state index is 10.5. The number of likely N-dealkylation sites (N-methyl/N-ethyl adjacent to an activating group) is 1. The highest BCUT2D eigenvalue weighted by Gasteiger charge is 2.25. The van der Waals surface area contributed by atoms with Crippen molar-refractivity contribution < 1.29 is 14.9 Å². The number of hydrogen-bond acceptors (Lipinski definition) is 4. The van der Waals surface area contributed by atoms with Gasteiger partial charge in [0.1, 0.15) is 23.9 Å². The molecule has 4 heteroatoms. The average Bonchev–Trinajstić information content (AvgIpc) is 2.78. The van der Waals surface area contributed by atoms with Gasteiger partial charge in [-0.25, -0.2) is 0 Å². The number of phenols is 2. The molecule has 3 aromatic rings. The van der Waals surface area contributed by atoms with Crippen molar-refractivity contribution >= 4 is 0 Å². The van der Waals surface area contributed by atoms with Gasteiger partial charge in [0.25, 0.3) is 0 Å². The summed E-state index contributed by atoms with van der Waals surface area (Å²) in [6.45, 7) is 13.4. The molecule has 176 valence electrons. The summed E-state index contributed by atoms with van der Waals surface area (Å²) in [5, 5.41) is 21.1. The average molecular weight is 448 g/mol. The van der Waals surface area contributed by atoms with Gasteiger partial charge in [0, 0.05) is 12.5 Å². The van der Waals surface area contributed by atoms with E-state index in [1.807, 2.05) is 53.9 Å². The van der Waals surface area contributed by atoms with Gasteiger partial charge >= 0.3 is 0 Å². The van der Waals surface area contributed by atoms with Gasteiger partial charge in [0.05, 0.1) is 0 Å². The van der Waals surface area contributed by atoms with E-state index in [4.69, 9.17) is 4.74 Å². The number of ether oxygens (including phenoxy) is 1. The zero-order chi connectivity index (χ0) is 24.4. The maximum absolute atomic E-state index is 10.5. The van der Waals surface area contributed by atoms with Crippen molar-refractivity contribution in [3.63, 3.8) is 0 Å². The first-order valence-corrected chi connectivity index (χ1v) is 11.5. The van der Waals surface area contributed by atoms with Crippen LogP contribution in [0.4, 0.5) is 0 Å². The first-order valence-electron chi connectivity index (χ1n) is 11.5. The fourth-order valence-electron chi connectivity index (χ4n) is 4.46. The quantitative estimate of drug-likeness (QED) is 0.432. The largest absolute Gasteiger partial charge is 0.507 e. The second-order valence-corrected chi connectivity index (χ2v) is 9.42. The zero-order valence-corrected chi connectivity index (χ0v) is 21.2. The molecule has 0 saturated carbocycles. The Hall–Kier alpha value is -2.98. The van der Waals surface area contributed by atoms with Crippen molar-refractivity contribution in [1.82, 2.24) is 4.90 Å². The Bertz CT molecular complexity index is 1100. The molecule has 3 aromatic carbocycles. The summed E-state index contributed by atoms with van der Waals surface area (Å²) < 4.78 is 6.05. The van der Waals surface area contributed by atoms with Crippen molar-refractivity contribution in [3.8, 4) is 17.2 Å². The molecule has 0 fully saturated rings. The fourth-order valence-corrected chi connectivity index (χ4v) is 4.46. The molecule has 0 radical (unpaired) electrons. The third-order valence-electron chi connectivity index (χ3n) is 6.81. The van der Waals surface area contributed by atoms with Crippen LogP contribution < -0.4 is 4.74 Å². The van der Waals surface area contributed by atoms with Crippen LogP contribution in [0, 0.1) is 41.5 Å². The van der Waals surface area contributed by atoms with Crippen molar-refractivity contribution in [2.75, 3.05) is 27.2 Å². The van der Waals surface area contributed by atoms with E-state index in [2.05, 4.69) is 43.0 Å². The summed E-state index contributed by atoms with van der Waals surface area (Å²) in [6.07, 6.45) is 0. The van der Waals surface area contributed by atoms with E-state index in [1.165, 1.54) is 0 Å². The van der Waals surface area contributed by atoms with Crippen LogP contribution >= 0.6 is 0 Å². The first-order chi connectivity index (χ1) is 15.5. The summed E-state index contributed by atoms with van der Waals surface area (Å²) in [4.78, 5) is 2.10. The molecule has 0 atom stereocenters.